The van der Waals surface area contributed by atoms with Gasteiger partial charge in [-0.3, -0.25) is 0 Å². The normalized spacial score (nSPS) is 7.00. The molecule has 0 unspecified atom stereocenters. The van der Waals surface area contributed by atoms with Crippen LogP contribution >= 0.6 is 0 Å². The Labute approximate surface area is 127 Å². The average Bonchev–Trinajstić information content (AvgIpc) is 2.02. The number of carbonyl (C=O) groups excluding carboxylic acids is 3. The van der Waals surface area contributed by atoms with Crippen LogP contribution in [0.1, 0.15) is 12.8 Å². The molecule has 0 bridgehead atoms. The molecule has 0 aromatic carbocycles. The van der Waals surface area contributed by atoms with Crippen molar-refractivity contribution in [1.82, 2.24) is 0 Å². The Morgan fingerprint density at radius 3 is 1.13 bits per heavy atom. The molecule has 0 aliphatic rings. The molecule has 0 fully saturated rings. The zero-order chi connectivity index (χ0) is 10.9. The van der Waals surface area contributed by atoms with Gasteiger partial charge in [0, 0.05) is 11.9 Å². The third-order valence-corrected chi connectivity index (χ3v) is 0.983. The zero-order valence-electron chi connectivity index (χ0n) is 7.78. The first kappa shape index (κ1) is 24.6. The number of carbonyl (C=O) groups is 3. The third-order valence-electron chi connectivity index (χ3n) is 0.642. The summed E-state index contributed by atoms with van der Waals surface area (Å²) in [6, 6.07) is 0. The summed E-state index contributed by atoms with van der Waals surface area (Å²) >= 11 is 2.65. The van der Waals surface area contributed by atoms with Gasteiger partial charge in [0.15, 0.2) is 0 Å². The molecule has 1 radical (unpaired) electrons. The fraction of sp³-hybridized carbons (Fsp3) is 0.500. The number of aliphatic carboxylic acids is 3. The van der Waals surface area contributed by atoms with Crippen molar-refractivity contribution >= 4 is 17.9 Å². The molecular weight excluding hydrogens is 305 g/mol. The van der Waals surface area contributed by atoms with E-state index in [0.717, 1.165) is 0 Å². The fourth-order valence-electron chi connectivity index (χ4n) is 0.204. The summed E-state index contributed by atoms with van der Waals surface area (Å²) in [4.78, 5) is 28.2. The molecule has 0 saturated heterocycles. The van der Waals surface area contributed by atoms with E-state index in [4.69, 9.17) is 0 Å². The summed E-state index contributed by atoms with van der Waals surface area (Å²) in [5, 5.41) is 28.1. The predicted molar refractivity (Wildman–Crippen MR) is 29.1 cm³/mol. The molecule has 0 rings (SSSR count). The maximum absolute atomic E-state index is 9.50. The van der Waals surface area contributed by atoms with E-state index >= 15 is 0 Å². The van der Waals surface area contributed by atoms with Gasteiger partial charge in [0.05, 0.1) is 0 Å². The second-order valence-corrected chi connectivity index (χ2v) is 2.17. The van der Waals surface area contributed by atoms with Gasteiger partial charge in [-0.15, -0.1) is 0 Å². The van der Waals surface area contributed by atoms with Crippen molar-refractivity contribution in [2.45, 2.75) is 18.2 Å². The van der Waals surface area contributed by atoms with Gasteiger partial charge < -0.3 is 19.8 Å². The molecule has 15 heavy (non-hydrogen) atoms. The quantitative estimate of drug-likeness (QED) is 0.476. The Morgan fingerprint density at radius 2 is 1.07 bits per heavy atom. The SMILES string of the molecule is O=C([O-])CCC(=O)[O-].O=C([O-])[CH2][Mn].[Co+2].[Na+]. The van der Waals surface area contributed by atoms with Crippen LogP contribution in [0, 0.1) is 0 Å². The first-order valence-electron chi connectivity index (χ1n) is 3.05. The van der Waals surface area contributed by atoms with E-state index in [9.17, 15) is 29.7 Å². The number of hydrogen-bond acceptors (Lipinski definition) is 6. The summed E-state index contributed by atoms with van der Waals surface area (Å²) in [6.45, 7) is 0. The standard InChI is InChI=1S/C4H6O4.C2H3O2.Co.Mn.Na/c5-3(6)1-2-4(7)8;1-2(3)4;;;/h1-2H2,(H,5,6)(H,7,8);1H2,(H,3,4);;;/q;;+2;;+1/p-3. The molecule has 0 saturated carbocycles. The Balaban J connectivity index is -0.0000000770. The van der Waals surface area contributed by atoms with E-state index in [0.29, 0.717) is 0 Å². The number of hydrogen-bond donors (Lipinski definition) is 0. The van der Waals surface area contributed by atoms with E-state index in [-0.39, 0.29) is 51.7 Å². The number of carboxylic acid groups (broad SMARTS) is 3. The van der Waals surface area contributed by atoms with Crippen LogP contribution in [0.15, 0.2) is 0 Å². The van der Waals surface area contributed by atoms with Gasteiger partial charge in [-0.2, -0.15) is 0 Å². The van der Waals surface area contributed by atoms with Crippen molar-refractivity contribution in [1.29, 1.82) is 0 Å². The van der Waals surface area contributed by atoms with Gasteiger partial charge in [-0.1, -0.05) is 0 Å². The molecule has 9 heteroatoms. The second-order valence-electron chi connectivity index (χ2n) is 1.75. The molecule has 0 heterocycles. The van der Waals surface area contributed by atoms with Crippen LogP contribution in [0.5, 0.6) is 0 Å². The van der Waals surface area contributed by atoms with Crippen molar-refractivity contribution in [3.05, 3.63) is 0 Å². The summed E-state index contributed by atoms with van der Waals surface area (Å²) in [5.74, 6) is -3.81. The Bertz CT molecular complexity index is 186. The molecule has 0 spiro atoms. The number of carboxylic acids is 3. The van der Waals surface area contributed by atoms with Gasteiger partial charge in [-0.05, 0) is 12.8 Å². The topological polar surface area (TPSA) is 120 Å². The second kappa shape index (κ2) is 16.9. The van der Waals surface area contributed by atoms with Crippen LogP contribution in [0.4, 0.5) is 0 Å². The first-order chi connectivity index (χ1) is 5.90. The van der Waals surface area contributed by atoms with Crippen molar-refractivity contribution in [2.75, 3.05) is 0 Å². The average molecular weight is 311 g/mol. The monoisotopic (exact) mass is 311 g/mol. The summed E-state index contributed by atoms with van der Waals surface area (Å²) in [5.41, 5.74) is 0. The van der Waals surface area contributed by atoms with Crippen LogP contribution in [0.2, 0.25) is 5.32 Å². The van der Waals surface area contributed by atoms with Crippen molar-refractivity contribution in [2.24, 2.45) is 0 Å². The van der Waals surface area contributed by atoms with Gasteiger partial charge >= 0.3 is 83.5 Å². The fourth-order valence-corrected chi connectivity index (χ4v) is 0.204. The predicted octanol–water partition coefficient (Wildman–Crippen LogP) is -7.03. The van der Waals surface area contributed by atoms with Crippen LogP contribution in [-0.2, 0) is 47.2 Å². The summed E-state index contributed by atoms with van der Waals surface area (Å²) in [6.07, 6.45) is -0.940. The first-order valence-corrected chi connectivity index (χ1v) is 3.89. The van der Waals surface area contributed by atoms with E-state index < -0.39 is 30.7 Å². The molecule has 83 valence electrons. The third kappa shape index (κ3) is 40.4. The Morgan fingerprint density at radius 1 is 0.867 bits per heavy atom. The minimum atomic E-state index is -1.37. The van der Waals surface area contributed by atoms with Gasteiger partial charge in [0.1, 0.15) is 0 Å². The van der Waals surface area contributed by atoms with Crippen LogP contribution < -0.4 is 44.9 Å². The smallest absolute Gasteiger partial charge is 1.00 e. The van der Waals surface area contributed by atoms with Gasteiger partial charge in [0.2, 0.25) is 0 Å². The van der Waals surface area contributed by atoms with Crippen LogP contribution in [0.25, 0.3) is 0 Å². The molecule has 0 N–H and O–H groups in total. The number of rotatable bonds is 4. The molecule has 0 aliphatic heterocycles. The molecule has 6 nitrogen and oxygen atoms in total. The van der Waals surface area contributed by atoms with Crippen LogP contribution in [0.3, 0.4) is 0 Å². The van der Waals surface area contributed by atoms with E-state index in [1.165, 1.54) is 0 Å². The maximum Gasteiger partial charge on any atom is 2.00 e. The van der Waals surface area contributed by atoms with Crippen molar-refractivity contribution in [3.63, 3.8) is 0 Å². The Kier molecular flexibility index (Phi) is 27.6. The zero-order valence-corrected chi connectivity index (χ0v) is 12.0. The maximum atomic E-state index is 9.50. The summed E-state index contributed by atoms with van der Waals surface area (Å²) < 4.78 is 0. The van der Waals surface area contributed by atoms with Crippen molar-refractivity contribution < 1.29 is 92.1 Å². The largest absolute Gasteiger partial charge is 2.00 e. The minimum Gasteiger partial charge on any atom is 1.00 e. The van der Waals surface area contributed by atoms with Gasteiger partial charge in [-0.25, -0.2) is 0 Å². The molecule has 0 amide bonds. The molecule has 0 atom stereocenters. The molecule has 0 aromatic rings. The molecule has 0 aromatic heterocycles. The van der Waals surface area contributed by atoms with E-state index in [1.807, 2.05) is 0 Å². The molecule has 0 aliphatic carbocycles. The van der Waals surface area contributed by atoms with E-state index in [1.54, 1.807) is 0 Å². The van der Waals surface area contributed by atoms with Crippen molar-refractivity contribution in [3.8, 4) is 0 Å². The van der Waals surface area contributed by atoms with E-state index in [2.05, 4.69) is 16.0 Å². The van der Waals surface area contributed by atoms with Gasteiger partial charge in [0.25, 0.3) is 0 Å². The Hall–Kier alpha value is 0.436. The van der Waals surface area contributed by atoms with Crippen LogP contribution in [-0.4, -0.2) is 17.9 Å². The molecular formula is C6H6CoMnNaO6. The minimum absolute atomic E-state index is 0. The summed E-state index contributed by atoms with van der Waals surface area (Å²) in [7, 11) is 0.